The van der Waals surface area contributed by atoms with Crippen molar-refractivity contribution in [3.8, 4) is 0 Å². The van der Waals surface area contributed by atoms with Gasteiger partial charge in [0.15, 0.2) is 0 Å². The highest BCUT2D eigenvalue weighted by molar-refractivity contribution is 5.99. The number of nitrogen functional groups attached to an aromatic ring is 1. The molecule has 19 heavy (non-hydrogen) atoms. The molecule has 2 rings (SSSR count). The Morgan fingerprint density at radius 3 is 2.89 bits per heavy atom. The SMILES string of the molecule is Cn1ccnc1CCNc1cc(N)ccc1C(N)=O. The molecular weight excluding hydrogens is 242 g/mol. The maximum Gasteiger partial charge on any atom is 0.250 e. The number of aromatic nitrogens is 2. The fourth-order valence-electron chi connectivity index (χ4n) is 1.87. The Morgan fingerprint density at radius 1 is 1.47 bits per heavy atom. The molecule has 1 amide bonds. The first-order valence-electron chi connectivity index (χ1n) is 5.97. The first-order chi connectivity index (χ1) is 9.08. The van der Waals surface area contributed by atoms with E-state index in [1.807, 2.05) is 17.8 Å². The van der Waals surface area contributed by atoms with Gasteiger partial charge < -0.3 is 21.4 Å². The Bertz CT molecular complexity index is 590. The number of primary amides is 1. The van der Waals surface area contributed by atoms with E-state index < -0.39 is 5.91 Å². The molecule has 5 N–H and O–H groups in total. The van der Waals surface area contributed by atoms with Crippen molar-refractivity contribution in [3.63, 3.8) is 0 Å². The molecule has 0 aliphatic carbocycles. The minimum Gasteiger partial charge on any atom is -0.399 e. The van der Waals surface area contributed by atoms with E-state index in [2.05, 4.69) is 10.3 Å². The Hall–Kier alpha value is -2.50. The van der Waals surface area contributed by atoms with Gasteiger partial charge in [-0.2, -0.15) is 0 Å². The molecule has 6 nitrogen and oxygen atoms in total. The molecule has 0 saturated heterocycles. The van der Waals surface area contributed by atoms with Crippen molar-refractivity contribution in [2.24, 2.45) is 12.8 Å². The van der Waals surface area contributed by atoms with Crippen LogP contribution >= 0.6 is 0 Å². The van der Waals surface area contributed by atoms with E-state index in [0.29, 0.717) is 23.5 Å². The van der Waals surface area contributed by atoms with E-state index in [4.69, 9.17) is 11.5 Å². The second-order valence-corrected chi connectivity index (χ2v) is 4.30. The number of amides is 1. The normalized spacial score (nSPS) is 10.4. The number of aryl methyl sites for hydroxylation is 1. The van der Waals surface area contributed by atoms with Crippen LogP contribution in [-0.2, 0) is 13.5 Å². The van der Waals surface area contributed by atoms with Crippen LogP contribution in [-0.4, -0.2) is 22.0 Å². The summed E-state index contributed by atoms with van der Waals surface area (Å²) in [6.07, 6.45) is 4.39. The molecule has 1 aromatic carbocycles. The fraction of sp³-hybridized carbons (Fsp3) is 0.231. The zero-order chi connectivity index (χ0) is 13.8. The molecule has 0 aliphatic rings. The Kier molecular flexibility index (Phi) is 3.70. The lowest BCUT2D eigenvalue weighted by Crippen LogP contribution is -2.16. The topological polar surface area (TPSA) is 99.0 Å². The van der Waals surface area contributed by atoms with Crippen LogP contribution in [0.5, 0.6) is 0 Å². The van der Waals surface area contributed by atoms with Gasteiger partial charge in [0, 0.05) is 43.8 Å². The first kappa shape index (κ1) is 12.9. The van der Waals surface area contributed by atoms with Crippen LogP contribution in [0.2, 0.25) is 0 Å². The van der Waals surface area contributed by atoms with Gasteiger partial charge in [-0.15, -0.1) is 0 Å². The minimum absolute atomic E-state index is 0.439. The highest BCUT2D eigenvalue weighted by Gasteiger charge is 2.08. The van der Waals surface area contributed by atoms with E-state index in [0.717, 1.165) is 12.2 Å². The number of benzene rings is 1. The number of rotatable bonds is 5. The van der Waals surface area contributed by atoms with Crippen molar-refractivity contribution in [3.05, 3.63) is 42.0 Å². The van der Waals surface area contributed by atoms with Crippen LogP contribution in [0, 0.1) is 0 Å². The molecule has 0 bridgehead atoms. The van der Waals surface area contributed by atoms with Gasteiger partial charge >= 0.3 is 0 Å². The largest absolute Gasteiger partial charge is 0.399 e. The third-order valence-electron chi connectivity index (χ3n) is 2.89. The summed E-state index contributed by atoms with van der Waals surface area (Å²) in [7, 11) is 1.94. The standard InChI is InChI=1S/C13H17N5O/c1-18-7-6-17-12(18)4-5-16-11-8-9(14)2-3-10(11)13(15)19/h2-3,6-8,16H,4-5,14H2,1H3,(H2,15,19). The highest BCUT2D eigenvalue weighted by atomic mass is 16.1. The van der Waals surface area contributed by atoms with Gasteiger partial charge in [-0.1, -0.05) is 0 Å². The number of nitrogens with one attached hydrogen (secondary N) is 1. The second kappa shape index (κ2) is 5.43. The molecule has 0 spiro atoms. The van der Waals surface area contributed by atoms with Crippen molar-refractivity contribution in [1.82, 2.24) is 9.55 Å². The third-order valence-corrected chi connectivity index (χ3v) is 2.89. The summed E-state index contributed by atoms with van der Waals surface area (Å²) in [6, 6.07) is 4.99. The van der Waals surface area contributed by atoms with E-state index in [-0.39, 0.29) is 0 Å². The van der Waals surface area contributed by atoms with E-state index in [1.54, 1.807) is 24.4 Å². The van der Waals surface area contributed by atoms with Crippen molar-refractivity contribution in [1.29, 1.82) is 0 Å². The van der Waals surface area contributed by atoms with E-state index in [9.17, 15) is 4.79 Å². The smallest absolute Gasteiger partial charge is 0.250 e. The summed E-state index contributed by atoms with van der Waals surface area (Å²) in [4.78, 5) is 15.5. The average molecular weight is 259 g/mol. The summed E-state index contributed by atoms with van der Waals surface area (Å²) in [5.74, 6) is 0.497. The number of carbonyl (C=O) groups is 1. The number of hydrogen-bond acceptors (Lipinski definition) is 4. The summed E-state index contributed by atoms with van der Waals surface area (Å²) in [5.41, 5.74) is 12.7. The molecule has 0 unspecified atom stereocenters. The minimum atomic E-state index is -0.473. The average Bonchev–Trinajstić information content (AvgIpc) is 2.75. The lowest BCUT2D eigenvalue weighted by molar-refractivity contribution is 0.100. The Labute approximate surface area is 111 Å². The molecule has 6 heteroatoms. The molecule has 0 atom stereocenters. The number of anilines is 2. The van der Waals surface area contributed by atoms with Gasteiger partial charge in [-0.05, 0) is 18.2 Å². The number of nitrogens with zero attached hydrogens (tertiary/aromatic N) is 2. The maximum absolute atomic E-state index is 11.3. The quantitative estimate of drug-likeness (QED) is 0.690. The van der Waals surface area contributed by atoms with Crippen molar-refractivity contribution < 1.29 is 4.79 Å². The zero-order valence-corrected chi connectivity index (χ0v) is 10.8. The van der Waals surface area contributed by atoms with Crippen LogP contribution in [0.25, 0.3) is 0 Å². The van der Waals surface area contributed by atoms with Gasteiger partial charge in [0.05, 0.1) is 5.56 Å². The predicted octanol–water partition coefficient (Wildman–Crippen LogP) is 0.756. The summed E-state index contributed by atoms with van der Waals surface area (Å²) in [6.45, 7) is 0.647. The Balaban J connectivity index is 2.05. The molecule has 1 aromatic heterocycles. The van der Waals surface area contributed by atoms with Crippen LogP contribution in [0.3, 0.4) is 0 Å². The fourth-order valence-corrected chi connectivity index (χ4v) is 1.87. The van der Waals surface area contributed by atoms with Gasteiger partial charge in [0.25, 0.3) is 5.91 Å². The van der Waals surface area contributed by atoms with Crippen molar-refractivity contribution in [2.45, 2.75) is 6.42 Å². The highest BCUT2D eigenvalue weighted by Crippen LogP contribution is 2.18. The predicted molar refractivity (Wildman–Crippen MR) is 74.8 cm³/mol. The summed E-state index contributed by atoms with van der Waals surface area (Å²) < 4.78 is 1.95. The van der Waals surface area contributed by atoms with Gasteiger partial charge in [0.1, 0.15) is 5.82 Å². The summed E-state index contributed by atoms with van der Waals surface area (Å²) in [5, 5.41) is 3.17. The van der Waals surface area contributed by atoms with Crippen LogP contribution in [0.1, 0.15) is 16.2 Å². The molecule has 2 aromatic rings. The van der Waals surface area contributed by atoms with Gasteiger partial charge in [-0.3, -0.25) is 4.79 Å². The van der Waals surface area contributed by atoms with Crippen LogP contribution in [0.4, 0.5) is 11.4 Å². The first-order valence-corrected chi connectivity index (χ1v) is 5.97. The zero-order valence-electron chi connectivity index (χ0n) is 10.8. The number of carbonyl (C=O) groups excluding carboxylic acids is 1. The maximum atomic E-state index is 11.3. The number of nitrogens with two attached hydrogens (primary N) is 2. The van der Waals surface area contributed by atoms with Crippen molar-refractivity contribution in [2.75, 3.05) is 17.6 Å². The van der Waals surface area contributed by atoms with E-state index >= 15 is 0 Å². The van der Waals surface area contributed by atoms with Crippen LogP contribution < -0.4 is 16.8 Å². The second-order valence-electron chi connectivity index (χ2n) is 4.30. The molecule has 0 radical (unpaired) electrons. The third kappa shape index (κ3) is 3.04. The molecule has 0 aliphatic heterocycles. The molecule has 1 heterocycles. The lowest BCUT2D eigenvalue weighted by Gasteiger charge is -2.10. The summed E-state index contributed by atoms with van der Waals surface area (Å²) >= 11 is 0. The van der Waals surface area contributed by atoms with Gasteiger partial charge in [0.2, 0.25) is 0 Å². The molecule has 100 valence electrons. The Morgan fingerprint density at radius 2 is 2.26 bits per heavy atom. The molecule has 0 fully saturated rings. The lowest BCUT2D eigenvalue weighted by atomic mass is 10.1. The van der Waals surface area contributed by atoms with Gasteiger partial charge in [-0.25, -0.2) is 4.98 Å². The van der Waals surface area contributed by atoms with E-state index in [1.165, 1.54) is 0 Å². The monoisotopic (exact) mass is 259 g/mol. The van der Waals surface area contributed by atoms with Crippen LogP contribution in [0.15, 0.2) is 30.6 Å². The van der Waals surface area contributed by atoms with Crippen molar-refractivity contribution >= 4 is 17.3 Å². The number of hydrogen-bond donors (Lipinski definition) is 3. The molecule has 0 saturated carbocycles. The number of imidazole rings is 1. The molecular formula is C13H17N5O.